The van der Waals surface area contributed by atoms with Crippen molar-refractivity contribution < 1.29 is 0 Å². The van der Waals surface area contributed by atoms with E-state index in [-0.39, 0.29) is 0 Å². The molecule has 0 aromatic carbocycles. The summed E-state index contributed by atoms with van der Waals surface area (Å²) < 4.78 is 0. The minimum Gasteiger partial charge on any atom is -0.349 e. The Balaban J connectivity index is 2.43. The van der Waals surface area contributed by atoms with Crippen LogP contribution >= 0.6 is 0 Å². The number of hydrogen-bond donors (Lipinski definition) is 2. The van der Waals surface area contributed by atoms with Crippen LogP contribution in [0.3, 0.4) is 0 Å². The molecule has 1 aromatic heterocycles. The first-order chi connectivity index (χ1) is 7.26. The van der Waals surface area contributed by atoms with Gasteiger partial charge in [0.05, 0.1) is 0 Å². The summed E-state index contributed by atoms with van der Waals surface area (Å²) in [6.45, 7) is 7.75. The van der Waals surface area contributed by atoms with E-state index in [1.54, 1.807) is 0 Å². The zero-order valence-electron chi connectivity index (χ0n) is 10.1. The molecule has 3 nitrogen and oxygen atoms in total. The Hall–Kier alpha value is -0.830. The molecule has 0 aliphatic carbocycles. The van der Waals surface area contributed by atoms with Crippen LogP contribution in [0.4, 0.5) is 0 Å². The number of H-pyrrole nitrogens is 1. The van der Waals surface area contributed by atoms with Gasteiger partial charge >= 0.3 is 0 Å². The molecule has 2 unspecified atom stereocenters. The van der Waals surface area contributed by atoms with Crippen molar-refractivity contribution in [2.75, 3.05) is 6.54 Å². The maximum Gasteiger partial charge on any atom is 0.107 e. The molecule has 0 aliphatic rings. The van der Waals surface area contributed by atoms with Crippen LogP contribution in [0.1, 0.15) is 39.4 Å². The number of aromatic nitrogens is 2. The molecule has 0 fully saturated rings. The predicted molar refractivity (Wildman–Crippen MR) is 63.8 cm³/mol. The molecule has 1 aromatic rings. The van der Waals surface area contributed by atoms with E-state index in [2.05, 4.69) is 36.1 Å². The van der Waals surface area contributed by atoms with Crippen LogP contribution < -0.4 is 5.32 Å². The van der Waals surface area contributed by atoms with Crippen molar-refractivity contribution in [1.82, 2.24) is 15.3 Å². The second-order valence-electron chi connectivity index (χ2n) is 4.24. The Kier molecular flexibility index (Phi) is 5.40. The van der Waals surface area contributed by atoms with Gasteiger partial charge < -0.3 is 10.3 Å². The summed E-state index contributed by atoms with van der Waals surface area (Å²) in [4.78, 5) is 7.44. The van der Waals surface area contributed by atoms with Gasteiger partial charge in [-0.3, -0.25) is 0 Å². The van der Waals surface area contributed by atoms with E-state index in [1.165, 1.54) is 12.8 Å². The standard InChI is InChI=1S/C12H23N3/c1-4-10(3)8-11(13-5-2)9-12-14-6-7-15-12/h6-7,10-11,13H,4-5,8-9H2,1-3H3,(H,14,15). The number of rotatable bonds is 7. The van der Waals surface area contributed by atoms with Gasteiger partial charge in [0.2, 0.25) is 0 Å². The second kappa shape index (κ2) is 6.62. The van der Waals surface area contributed by atoms with Crippen molar-refractivity contribution in [2.24, 2.45) is 5.92 Å². The molecule has 0 saturated heterocycles. The molecule has 3 heteroatoms. The third kappa shape index (κ3) is 4.47. The molecule has 0 spiro atoms. The van der Waals surface area contributed by atoms with Gasteiger partial charge in [0, 0.05) is 24.9 Å². The van der Waals surface area contributed by atoms with Crippen LogP contribution in [0.2, 0.25) is 0 Å². The zero-order valence-corrected chi connectivity index (χ0v) is 10.1. The van der Waals surface area contributed by atoms with E-state index in [9.17, 15) is 0 Å². The molecule has 86 valence electrons. The molecule has 0 bridgehead atoms. The summed E-state index contributed by atoms with van der Waals surface area (Å²) in [5, 5.41) is 3.53. The molecule has 2 atom stereocenters. The van der Waals surface area contributed by atoms with Gasteiger partial charge in [0.15, 0.2) is 0 Å². The number of aromatic amines is 1. The Labute approximate surface area is 92.7 Å². The maximum absolute atomic E-state index is 4.28. The molecular formula is C12H23N3. The molecule has 1 rings (SSSR count). The molecule has 0 radical (unpaired) electrons. The van der Waals surface area contributed by atoms with Crippen molar-refractivity contribution in [3.8, 4) is 0 Å². The third-order valence-electron chi connectivity index (χ3n) is 2.87. The van der Waals surface area contributed by atoms with E-state index >= 15 is 0 Å². The third-order valence-corrected chi connectivity index (χ3v) is 2.87. The molecule has 1 heterocycles. The van der Waals surface area contributed by atoms with Crippen LogP contribution in [0, 0.1) is 5.92 Å². The Morgan fingerprint density at radius 3 is 2.80 bits per heavy atom. The molecule has 0 saturated carbocycles. The number of nitrogens with zero attached hydrogens (tertiary/aromatic N) is 1. The van der Waals surface area contributed by atoms with Crippen LogP contribution in [0.15, 0.2) is 12.4 Å². The van der Waals surface area contributed by atoms with Gasteiger partial charge in [0.25, 0.3) is 0 Å². The van der Waals surface area contributed by atoms with E-state index in [4.69, 9.17) is 0 Å². The lowest BCUT2D eigenvalue weighted by Gasteiger charge is -2.20. The fourth-order valence-corrected chi connectivity index (χ4v) is 1.82. The summed E-state index contributed by atoms with van der Waals surface area (Å²) in [5.41, 5.74) is 0. The predicted octanol–water partition coefficient (Wildman–Crippen LogP) is 2.37. The lowest BCUT2D eigenvalue weighted by molar-refractivity contribution is 0.393. The average molecular weight is 209 g/mol. The normalized spacial score (nSPS) is 15.1. The quantitative estimate of drug-likeness (QED) is 0.724. The summed E-state index contributed by atoms with van der Waals surface area (Å²) >= 11 is 0. The first kappa shape index (κ1) is 12.2. The topological polar surface area (TPSA) is 40.7 Å². The van der Waals surface area contributed by atoms with E-state index in [0.29, 0.717) is 6.04 Å². The first-order valence-corrected chi connectivity index (χ1v) is 5.97. The van der Waals surface area contributed by atoms with E-state index in [0.717, 1.165) is 24.7 Å². The molecule has 0 aliphatic heterocycles. The first-order valence-electron chi connectivity index (χ1n) is 5.97. The lowest BCUT2D eigenvalue weighted by Crippen LogP contribution is -2.32. The Morgan fingerprint density at radius 2 is 2.27 bits per heavy atom. The van der Waals surface area contributed by atoms with Crippen molar-refractivity contribution in [1.29, 1.82) is 0 Å². The van der Waals surface area contributed by atoms with Crippen molar-refractivity contribution in [2.45, 2.75) is 46.1 Å². The molecule has 0 amide bonds. The highest BCUT2D eigenvalue weighted by molar-refractivity contribution is 4.91. The fraction of sp³-hybridized carbons (Fsp3) is 0.750. The summed E-state index contributed by atoms with van der Waals surface area (Å²) in [7, 11) is 0. The van der Waals surface area contributed by atoms with Crippen molar-refractivity contribution >= 4 is 0 Å². The minimum absolute atomic E-state index is 0.552. The van der Waals surface area contributed by atoms with Crippen molar-refractivity contribution in [3.63, 3.8) is 0 Å². The van der Waals surface area contributed by atoms with Gasteiger partial charge in [-0.2, -0.15) is 0 Å². The fourth-order valence-electron chi connectivity index (χ4n) is 1.82. The number of hydrogen-bond acceptors (Lipinski definition) is 2. The van der Waals surface area contributed by atoms with Gasteiger partial charge in [-0.15, -0.1) is 0 Å². The summed E-state index contributed by atoms with van der Waals surface area (Å²) in [6.07, 6.45) is 7.19. The average Bonchev–Trinajstić information content (AvgIpc) is 2.70. The van der Waals surface area contributed by atoms with Gasteiger partial charge in [-0.25, -0.2) is 4.98 Å². The molecule has 2 N–H and O–H groups in total. The SMILES string of the molecule is CCNC(Cc1ncc[nH]1)CC(C)CC. The molecule has 15 heavy (non-hydrogen) atoms. The van der Waals surface area contributed by atoms with Crippen LogP contribution in [0.25, 0.3) is 0 Å². The second-order valence-corrected chi connectivity index (χ2v) is 4.24. The summed E-state index contributed by atoms with van der Waals surface area (Å²) in [5.74, 6) is 1.87. The van der Waals surface area contributed by atoms with Crippen molar-refractivity contribution in [3.05, 3.63) is 18.2 Å². The lowest BCUT2D eigenvalue weighted by atomic mass is 9.97. The maximum atomic E-state index is 4.28. The zero-order chi connectivity index (χ0) is 11.1. The largest absolute Gasteiger partial charge is 0.349 e. The van der Waals surface area contributed by atoms with Crippen LogP contribution in [-0.4, -0.2) is 22.6 Å². The van der Waals surface area contributed by atoms with Gasteiger partial charge in [-0.1, -0.05) is 27.2 Å². The smallest absolute Gasteiger partial charge is 0.107 e. The van der Waals surface area contributed by atoms with Gasteiger partial charge in [-0.05, 0) is 18.9 Å². The minimum atomic E-state index is 0.552. The van der Waals surface area contributed by atoms with E-state index < -0.39 is 0 Å². The number of nitrogens with one attached hydrogen (secondary N) is 2. The van der Waals surface area contributed by atoms with E-state index in [1.807, 2.05) is 12.4 Å². The van der Waals surface area contributed by atoms with Gasteiger partial charge in [0.1, 0.15) is 5.82 Å². The molecular weight excluding hydrogens is 186 g/mol. The number of imidazole rings is 1. The highest BCUT2D eigenvalue weighted by Gasteiger charge is 2.12. The highest BCUT2D eigenvalue weighted by Crippen LogP contribution is 2.12. The monoisotopic (exact) mass is 209 g/mol. The Bertz CT molecular complexity index is 243. The highest BCUT2D eigenvalue weighted by atomic mass is 14.9. The van der Waals surface area contributed by atoms with Crippen LogP contribution in [-0.2, 0) is 6.42 Å². The Morgan fingerprint density at radius 1 is 1.47 bits per heavy atom. The number of likely N-dealkylation sites (N-methyl/N-ethyl adjacent to an activating group) is 1. The van der Waals surface area contributed by atoms with Crippen LogP contribution in [0.5, 0.6) is 0 Å². The summed E-state index contributed by atoms with van der Waals surface area (Å²) in [6, 6.07) is 0.552.